The Kier molecular flexibility index (Phi) is 3.36. The fourth-order valence-corrected chi connectivity index (χ4v) is 3.86. The van der Waals surface area contributed by atoms with Crippen molar-refractivity contribution in [3.8, 4) is 0 Å². The van der Waals surface area contributed by atoms with Gasteiger partial charge in [0.25, 0.3) is 5.91 Å². The Morgan fingerprint density at radius 3 is 2.86 bits per heavy atom. The highest BCUT2D eigenvalue weighted by molar-refractivity contribution is 7.99. The molecule has 0 saturated carbocycles. The molecule has 2 aliphatic rings. The van der Waals surface area contributed by atoms with Crippen molar-refractivity contribution in [2.75, 3.05) is 16.8 Å². The summed E-state index contributed by atoms with van der Waals surface area (Å²) in [5.74, 6) is -0.446. The molecule has 3 rings (SSSR count). The number of amides is 2. The van der Waals surface area contributed by atoms with Gasteiger partial charge in [-0.3, -0.25) is 9.59 Å². The lowest BCUT2D eigenvalue weighted by Gasteiger charge is -2.24. The number of anilines is 1. The van der Waals surface area contributed by atoms with E-state index in [0.29, 0.717) is 35.6 Å². The van der Waals surface area contributed by atoms with Crippen molar-refractivity contribution >= 4 is 35.2 Å². The largest absolute Gasteiger partial charge is 0.479 e. The summed E-state index contributed by atoms with van der Waals surface area (Å²) >= 11 is 1.51. The summed E-state index contributed by atoms with van der Waals surface area (Å²) < 4.78 is 0. The topological polar surface area (TPSA) is 95.5 Å². The zero-order chi connectivity index (χ0) is 15.0. The molecule has 1 unspecified atom stereocenters. The van der Waals surface area contributed by atoms with Crippen LogP contribution in [-0.2, 0) is 16.0 Å². The number of carbonyl (C=O) groups excluding carboxylic acids is 2. The van der Waals surface area contributed by atoms with Gasteiger partial charge in [0.05, 0.1) is 6.42 Å². The monoisotopic (exact) mass is 306 g/mol. The number of hydrogen-bond acceptors (Lipinski definition) is 4. The van der Waals surface area contributed by atoms with Crippen LogP contribution in [0.5, 0.6) is 0 Å². The minimum atomic E-state index is -1.19. The Hall–Kier alpha value is -2.02. The lowest BCUT2D eigenvalue weighted by Crippen LogP contribution is -2.54. The van der Waals surface area contributed by atoms with Crippen LogP contribution in [0.1, 0.15) is 22.3 Å². The molecule has 0 aliphatic carbocycles. The molecule has 0 aromatic heterocycles. The molecule has 1 saturated heterocycles. The van der Waals surface area contributed by atoms with Crippen molar-refractivity contribution < 1.29 is 19.5 Å². The summed E-state index contributed by atoms with van der Waals surface area (Å²) in [6.45, 7) is 0. The maximum Gasteiger partial charge on any atom is 0.330 e. The van der Waals surface area contributed by atoms with Crippen LogP contribution in [-0.4, -0.2) is 39.9 Å². The van der Waals surface area contributed by atoms with Gasteiger partial charge in [-0.25, -0.2) is 4.79 Å². The summed E-state index contributed by atoms with van der Waals surface area (Å²) in [5.41, 5.74) is 0.636. The number of benzene rings is 1. The molecule has 110 valence electrons. The van der Waals surface area contributed by atoms with Crippen molar-refractivity contribution in [2.24, 2.45) is 0 Å². The maximum absolute atomic E-state index is 12.3. The van der Waals surface area contributed by atoms with Gasteiger partial charge in [0.1, 0.15) is 5.54 Å². The third-order valence-electron chi connectivity index (χ3n) is 3.78. The van der Waals surface area contributed by atoms with E-state index < -0.39 is 17.4 Å². The second-order valence-electron chi connectivity index (χ2n) is 5.24. The SMILES string of the molecule is O=C1Cc2ccc(C(=O)NC3(C(=O)O)CCSC3)cc2N1. The minimum absolute atomic E-state index is 0.100. The smallest absolute Gasteiger partial charge is 0.330 e. The van der Waals surface area contributed by atoms with Gasteiger partial charge in [-0.05, 0) is 29.9 Å². The number of carboxylic acid groups (broad SMARTS) is 1. The van der Waals surface area contributed by atoms with Gasteiger partial charge in [-0.2, -0.15) is 11.8 Å². The molecular weight excluding hydrogens is 292 g/mol. The molecule has 3 N–H and O–H groups in total. The maximum atomic E-state index is 12.3. The fourth-order valence-electron chi connectivity index (χ4n) is 2.53. The standard InChI is InChI=1S/C14H14N2O4S/c17-11-6-8-1-2-9(5-10(8)15-11)12(18)16-14(13(19)20)3-4-21-7-14/h1-2,5H,3-4,6-7H2,(H,15,17)(H,16,18)(H,19,20). The lowest BCUT2D eigenvalue weighted by molar-refractivity contribution is -0.143. The van der Waals surface area contributed by atoms with Gasteiger partial charge in [0.2, 0.25) is 5.91 Å². The number of hydrogen-bond donors (Lipinski definition) is 3. The summed E-state index contributed by atoms with van der Waals surface area (Å²) in [5, 5.41) is 14.7. The van der Waals surface area contributed by atoms with Gasteiger partial charge in [0, 0.05) is 17.0 Å². The van der Waals surface area contributed by atoms with E-state index in [9.17, 15) is 19.5 Å². The lowest BCUT2D eigenvalue weighted by atomic mass is 9.98. The molecule has 2 heterocycles. The molecule has 2 amide bonds. The average Bonchev–Trinajstić information content (AvgIpc) is 3.03. The van der Waals surface area contributed by atoms with Crippen LogP contribution >= 0.6 is 11.8 Å². The van der Waals surface area contributed by atoms with Gasteiger partial charge < -0.3 is 15.7 Å². The first-order chi connectivity index (χ1) is 10.00. The van der Waals surface area contributed by atoms with E-state index in [-0.39, 0.29) is 5.91 Å². The minimum Gasteiger partial charge on any atom is -0.479 e. The van der Waals surface area contributed by atoms with Crippen LogP contribution in [0.15, 0.2) is 18.2 Å². The zero-order valence-electron chi connectivity index (χ0n) is 11.1. The Balaban J connectivity index is 1.81. The number of carbonyl (C=O) groups is 3. The molecule has 0 radical (unpaired) electrons. The third kappa shape index (κ3) is 2.49. The van der Waals surface area contributed by atoms with Crippen molar-refractivity contribution in [1.29, 1.82) is 0 Å². The fraction of sp³-hybridized carbons (Fsp3) is 0.357. The summed E-state index contributed by atoms with van der Waals surface area (Å²) in [4.78, 5) is 35.0. The molecular formula is C14H14N2O4S. The Bertz CT molecular complexity index is 638. The summed E-state index contributed by atoms with van der Waals surface area (Å²) in [6, 6.07) is 4.93. The van der Waals surface area contributed by atoms with E-state index in [0.717, 1.165) is 5.56 Å². The molecule has 1 atom stereocenters. The van der Waals surface area contributed by atoms with Crippen molar-refractivity contribution in [3.05, 3.63) is 29.3 Å². The van der Waals surface area contributed by atoms with Crippen LogP contribution < -0.4 is 10.6 Å². The zero-order valence-corrected chi connectivity index (χ0v) is 12.0. The molecule has 0 bridgehead atoms. The number of fused-ring (bicyclic) bond motifs is 1. The van der Waals surface area contributed by atoms with E-state index in [1.807, 2.05) is 0 Å². The third-order valence-corrected chi connectivity index (χ3v) is 4.97. The predicted octanol–water partition coefficient (Wildman–Crippen LogP) is 0.871. The number of nitrogens with one attached hydrogen (secondary N) is 2. The molecule has 1 fully saturated rings. The van der Waals surface area contributed by atoms with E-state index >= 15 is 0 Å². The Labute approximate surface area is 125 Å². The number of aliphatic carboxylic acids is 1. The van der Waals surface area contributed by atoms with Crippen LogP contribution in [0, 0.1) is 0 Å². The van der Waals surface area contributed by atoms with Gasteiger partial charge >= 0.3 is 5.97 Å². The van der Waals surface area contributed by atoms with E-state index in [1.165, 1.54) is 11.8 Å². The predicted molar refractivity (Wildman–Crippen MR) is 78.6 cm³/mol. The van der Waals surface area contributed by atoms with Crippen LogP contribution in [0.25, 0.3) is 0 Å². The Morgan fingerprint density at radius 2 is 2.19 bits per heavy atom. The van der Waals surface area contributed by atoms with Gasteiger partial charge in [-0.15, -0.1) is 0 Å². The number of thioether (sulfide) groups is 1. The van der Waals surface area contributed by atoms with Crippen molar-refractivity contribution in [2.45, 2.75) is 18.4 Å². The summed E-state index contributed by atoms with van der Waals surface area (Å²) in [6.07, 6.45) is 0.730. The molecule has 1 aromatic carbocycles. The van der Waals surface area contributed by atoms with Gasteiger partial charge in [-0.1, -0.05) is 6.07 Å². The molecule has 2 aliphatic heterocycles. The summed E-state index contributed by atoms with van der Waals surface area (Å²) in [7, 11) is 0. The van der Waals surface area contributed by atoms with Crippen molar-refractivity contribution in [3.63, 3.8) is 0 Å². The van der Waals surface area contributed by atoms with Crippen LogP contribution in [0.4, 0.5) is 5.69 Å². The normalized spacial score (nSPS) is 23.5. The quantitative estimate of drug-likeness (QED) is 0.770. The van der Waals surface area contributed by atoms with Gasteiger partial charge in [0.15, 0.2) is 0 Å². The first-order valence-electron chi connectivity index (χ1n) is 6.57. The average molecular weight is 306 g/mol. The van der Waals surface area contributed by atoms with E-state index in [2.05, 4.69) is 10.6 Å². The molecule has 7 heteroatoms. The first kappa shape index (κ1) is 13.9. The second-order valence-corrected chi connectivity index (χ2v) is 6.35. The highest BCUT2D eigenvalue weighted by atomic mass is 32.2. The molecule has 1 aromatic rings. The van der Waals surface area contributed by atoms with E-state index in [1.54, 1.807) is 18.2 Å². The Morgan fingerprint density at radius 1 is 1.38 bits per heavy atom. The number of carboxylic acids is 1. The van der Waals surface area contributed by atoms with E-state index in [4.69, 9.17) is 0 Å². The highest BCUT2D eigenvalue weighted by Crippen LogP contribution is 2.29. The van der Waals surface area contributed by atoms with Crippen LogP contribution in [0.3, 0.4) is 0 Å². The second kappa shape index (κ2) is 5.07. The molecule has 21 heavy (non-hydrogen) atoms. The van der Waals surface area contributed by atoms with Crippen molar-refractivity contribution in [1.82, 2.24) is 5.32 Å². The molecule has 0 spiro atoms. The number of rotatable bonds is 3. The van der Waals surface area contributed by atoms with Crippen LogP contribution in [0.2, 0.25) is 0 Å². The molecule has 6 nitrogen and oxygen atoms in total. The first-order valence-corrected chi connectivity index (χ1v) is 7.72. The highest BCUT2D eigenvalue weighted by Gasteiger charge is 2.43.